The summed E-state index contributed by atoms with van der Waals surface area (Å²) >= 11 is 5.98. The third-order valence-corrected chi connectivity index (χ3v) is 5.03. The largest absolute Gasteiger partial charge is 0.475 e. The van der Waals surface area contributed by atoms with Gasteiger partial charge in [-0.3, -0.25) is 0 Å². The van der Waals surface area contributed by atoms with Gasteiger partial charge in [-0.1, -0.05) is 11.6 Å². The monoisotopic (exact) mass is 452 g/mol. The van der Waals surface area contributed by atoms with Gasteiger partial charge in [0.1, 0.15) is 11.9 Å². The SMILES string of the molecule is Cc1cc(Cl)cc2c1OC(C(F)(F)F)C(C(=O)OC1COC3CCOC31)=C2.O=[NH+]O. The summed E-state index contributed by atoms with van der Waals surface area (Å²) in [6.07, 6.45) is -6.80. The smallest absolute Gasteiger partial charge is 0.430 e. The van der Waals surface area contributed by atoms with Crippen LogP contribution in [0, 0.1) is 11.8 Å². The zero-order valence-corrected chi connectivity index (χ0v) is 16.3. The van der Waals surface area contributed by atoms with Crippen molar-refractivity contribution in [2.45, 2.75) is 43.9 Å². The molecule has 3 heterocycles. The summed E-state index contributed by atoms with van der Waals surface area (Å²) in [4.78, 5) is 20.8. The number of ether oxygens (including phenoxy) is 4. The second kappa shape index (κ2) is 8.78. The number of aryl methyl sites for hydroxylation is 1. The lowest BCUT2D eigenvalue weighted by Crippen LogP contribution is -2.58. The van der Waals surface area contributed by atoms with Gasteiger partial charge < -0.3 is 18.9 Å². The summed E-state index contributed by atoms with van der Waals surface area (Å²) in [5.41, 5.74) is 0.116. The van der Waals surface area contributed by atoms with Crippen LogP contribution in [-0.4, -0.2) is 55.0 Å². The number of halogens is 4. The summed E-state index contributed by atoms with van der Waals surface area (Å²) in [5.74, 6) is -1.06. The molecule has 0 saturated carbocycles. The summed E-state index contributed by atoms with van der Waals surface area (Å²) in [7, 11) is 0. The Hall–Kier alpha value is -2.37. The molecule has 30 heavy (non-hydrogen) atoms. The highest BCUT2D eigenvalue weighted by Gasteiger charge is 2.51. The fourth-order valence-electron chi connectivity index (χ4n) is 3.59. The normalized spacial score (nSPS) is 27.0. The lowest BCUT2D eigenvalue weighted by molar-refractivity contribution is -0.755. The second-order valence-electron chi connectivity index (χ2n) is 6.81. The van der Waals surface area contributed by atoms with Gasteiger partial charge >= 0.3 is 12.1 Å². The molecule has 4 unspecified atom stereocenters. The van der Waals surface area contributed by atoms with Crippen LogP contribution >= 0.6 is 11.6 Å². The number of nitrogens with one attached hydrogen (secondary N) is 1. The minimum atomic E-state index is -4.78. The Balaban J connectivity index is 0.000000806. The Kier molecular flexibility index (Phi) is 6.53. The van der Waals surface area contributed by atoms with Crippen molar-refractivity contribution < 1.29 is 47.5 Å². The molecule has 3 aliphatic heterocycles. The zero-order valence-electron chi connectivity index (χ0n) is 15.6. The van der Waals surface area contributed by atoms with Crippen molar-refractivity contribution in [1.29, 1.82) is 0 Å². The minimum Gasteiger partial charge on any atom is -0.475 e. The molecule has 0 amide bonds. The zero-order chi connectivity index (χ0) is 22.1. The number of esters is 1. The molecule has 2 saturated heterocycles. The van der Waals surface area contributed by atoms with Gasteiger partial charge in [-0.05, 0) is 37.1 Å². The molecule has 0 bridgehead atoms. The molecule has 0 spiro atoms. The van der Waals surface area contributed by atoms with E-state index in [0.29, 0.717) is 34.5 Å². The molecule has 4 atom stereocenters. The lowest BCUT2D eigenvalue weighted by atomic mass is 9.99. The van der Waals surface area contributed by atoms with Gasteiger partial charge in [0.05, 0.1) is 23.2 Å². The van der Waals surface area contributed by atoms with Crippen molar-refractivity contribution >= 4 is 23.6 Å². The van der Waals surface area contributed by atoms with Crippen molar-refractivity contribution in [2.24, 2.45) is 0 Å². The first-order chi connectivity index (χ1) is 14.2. The van der Waals surface area contributed by atoms with Gasteiger partial charge in [0.15, 0.2) is 11.4 Å². The highest BCUT2D eigenvalue weighted by molar-refractivity contribution is 6.30. The molecular formula is C18H18ClF3NO7+. The van der Waals surface area contributed by atoms with E-state index < -0.39 is 36.0 Å². The number of fused-ring (bicyclic) bond motifs is 2. The maximum atomic E-state index is 13.5. The van der Waals surface area contributed by atoms with Crippen LogP contribution in [0.2, 0.25) is 5.02 Å². The maximum Gasteiger partial charge on any atom is 0.430 e. The number of carbonyl (C=O) groups is 1. The molecule has 2 fully saturated rings. The summed E-state index contributed by atoms with van der Waals surface area (Å²) < 4.78 is 62.0. The van der Waals surface area contributed by atoms with Crippen molar-refractivity contribution in [3.8, 4) is 5.75 Å². The fourth-order valence-corrected chi connectivity index (χ4v) is 3.88. The maximum absolute atomic E-state index is 13.5. The van der Waals surface area contributed by atoms with Crippen LogP contribution in [0.1, 0.15) is 17.5 Å². The van der Waals surface area contributed by atoms with Crippen LogP contribution in [0.25, 0.3) is 6.08 Å². The second-order valence-corrected chi connectivity index (χ2v) is 7.25. The van der Waals surface area contributed by atoms with Crippen molar-refractivity contribution in [3.05, 3.63) is 38.8 Å². The number of carbonyl (C=O) groups excluding carboxylic acids is 1. The average molecular weight is 453 g/mol. The van der Waals surface area contributed by atoms with Crippen molar-refractivity contribution in [2.75, 3.05) is 13.2 Å². The molecule has 12 heteroatoms. The third kappa shape index (κ3) is 4.52. The summed E-state index contributed by atoms with van der Waals surface area (Å²) in [6, 6.07) is 2.94. The van der Waals surface area contributed by atoms with Gasteiger partial charge in [0.25, 0.3) is 0 Å². The molecule has 0 radical (unpaired) electrons. The third-order valence-electron chi connectivity index (χ3n) is 4.81. The van der Waals surface area contributed by atoms with Crippen LogP contribution < -0.4 is 10.1 Å². The fraction of sp³-hybridized carbons (Fsp3) is 0.500. The number of rotatable bonds is 2. The molecular weight excluding hydrogens is 435 g/mol. The molecule has 0 aliphatic carbocycles. The Morgan fingerprint density at radius 1 is 1.33 bits per heavy atom. The number of hydrogen-bond acceptors (Lipinski definition) is 6. The average Bonchev–Trinajstić information content (AvgIpc) is 3.25. The number of benzene rings is 1. The molecule has 0 aromatic heterocycles. The molecule has 2 N–H and O–H groups in total. The van der Waals surface area contributed by atoms with Crippen LogP contribution in [-0.2, 0) is 19.0 Å². The first-order valence-corrected chi connectivity index (χ1v) is 9.24. The van der Waals surface area contributed by atoms with Crippen LogP contribution in [0.5, 0.6) is 5.75 Å². The lowest BCUT2D eigenvalue weighted by Gasteiger charge is -2.29. The Morgan fingerprint density at radius 2 is 2.03 bits per heavy atom. The van der Waals surface area contributed by atoms with Crippen molar-refractivity contribution in [3.63, 3.8) is 0 Å². The van der Waals surface area contributed by atoms with Crippen molar-refractivity contribution in [1.82, 2.24) is 0 Å². The first-order valence-electron chi connectivity index (χ1n) is 8.86. The van der Waals surface area contributed by atoms with E-state index in [1.165, 1.54) is 12.1 Å². The van der Waals surface area contributed by atoms with Gasteiger partial charge in [-0.15, -0.1) is 0 Å². The van der Waals surface area contributed by atoms with Crippen LogP contribution in [0.15, 0.2) is 17.7 Å². The highest BCUT2D eigenvalue weighted by Crippen LogP contribution is 2.41. The van der Waals surface area contributed by atoms with Gasteiger partial charge in [-0.2, -0.15) is 13.2 Å². The van der Waals surface area contributed by atoms with E-state index in [2.05, 4.69) is 0 Å². The Labute approximate surface area is 173 Å². The van der Waals surface area contributed by atoms with E-state index in [0.717, 1.165) is 6.08 Å². The Morgan fingerprint density at radius 3 is 2.70 bits per heavy atom. The quantitative estimate of drug-likeness (QED) is 0.519. The highest BCUT2D eigenvalue weighted by atomic mass is 35.5. The summed E-state index contributed by atoms with van der Waals surface area (Å²) in [5, 5.41) is 7.59. The molecule has 1 aromatic carbocycles. The van der Waals surface area contributed by atoms with Gasteiger partial charge in [0.2, 0.25) is 6.10 Å². The molecule has 8 nitrogen and oxygen atoms in total. The number of alkyl halides is 3. The predicted molar refractivity (Wildman–Crippen MR) is 94.7 cm³/mol. The van der Waals surface area contributed by atoms with E-state index in [9.17, 15) is 18.0 Å². The van der Waals surface area contributed by atoms with Crippen LogP contribution in [0.3, 0.4) is 0 Å². The van der Waals surface area contributed by atoms with E-state index in [1.54, 1.807) is 6.92 Å². The van der Waals surface area contributed by atoms with Gasteiger partial charge in [0, 0.05) is 17.2 Å². The molecule has 1 aromatic rings. The summed E-state index contributed by atoms with van der Waals surface area (Å²) in [6.45, 7) is 2.14. The molecule has 4 rings (SSSR count). The number of hydrogen-bond donors (Lipinski definition) is 2. The van der Waals surface area contributed by atoms with E-state index >= 15 is 0 Å². The minimum absolute atomic E-state index is 0.0432. The topological polar surface area (TPSA) is 105 Å². The van der Waals surface area contributed by atoms with Gasteiger partial charge in [-0.25, -0.2) is 10.0 Å². The molecule has 3 aliphatic rings. The van der Waals surface area contributed by atoms with Crippen LogP contribution in [0.4, 0.5) is 13.2 Å². The Bertz CT molecular complexity index is 861. The first kappa shape index (κ1) is 22.3. The van der Waals surface area contributed by atoms with E-state index in [4.69, 9.17) is 40.7 Å². The predicted octanol–water partition coefficient (Wildman–Crippen LogP) is 1.68. The van der Waals surface area contributed by atoms with E-state index in [1.807, 2.05) is 0 Å². The van der Waals surface area contributed by atoms with E-state index in [-0.39, 0.29) is 18.5 Å². The molecule has 164 valence electrons. The standard InChI is InChI=1S/C18H16ClF3O5.HNO2/c1-8-4-10(19)5-9-6-11(16(18(20,21)22)27-14(8)9)17(23)26-13-7-25-12-2-3-24-15(12)13;2-1-3/h4-6,12-13,15-16H,2-3,7H2,1H3;1H/p+1.